The number of benzene rings is 3. The van der Waals surface area contributed by atoms with Gasteiger partial charge in [-0.3, -0.25) is 4.79 Å². The third kappa shape index (κ3) is 5.83. The molecule has 174 valence electrons. The van der Waals surface area contributed by atoms with Gasteiger partial charge < -0.3 is 19.5 Å². The number of nitrogens with one attached hydrogen (secondary N) is 1. The molecule has 0 aromatic heterocycles. The van der Waals surface area contributed by atoms with Crippen LogP contribution in [-0.2, 0) is 9.53 Å². The van der Waals surface area contributed by atoms with Crippen LogP contribution in [0.3, 0.4) is 0 Å². The number of ether oxygens (including phenoxy) is 3. The molecule has 6 heteroatoms. The van der Waals surface area contributed by atoms with Gasteiger partial charge in [0.05, 0.1) is 19.3 Å². The Hall–Kier alpha value is -3.54. The minimum atomic E-state index is -1.07. The molecule has 33 heavy (non-hydrogen) atoms. The standard InChI is InChI=1S/C27H31NO5/c1-6-32-26(30)27(3,4)33-22-13-11-19(12-14-22)18(2)17-28-25(29)23-15-20-9-7-8-10-21(20)16-24(23)31-5/h7-16,18H,6,17H2,1-5H3,(H,28,29). The van der Waals surface area contributed by atoms with Gasteiger partial charge in [0.25, 0.3) is 5.91 Å². The Morgan fingerprint density at radius 3 is 2.24 bits per heavy atom. The Bertz CT molecular complexity index is 1120. The third-order valence-electron chi connectivity index (χ3n) is 5.47. The first-order chi connectivity index (χ1) is 15.7. The molecular weight excluding hydrogens is 418 g/mol. The van der Waals surface area contributed by atoms with Crippen molar-refractivity contribution in [3.05, 3.63) is 71.8 Å². The van der Waals surface area contributed by atoms with Crippen LogP contribution in [0.2, 0.25) is 0 Å². The molecule has 0 aliphatic rings. The van der Waals surface area contributed by atoms with Crippen LogP contribution in [0.5, 0.6) is 11.5 Å². The van der Waals surface area contributed by atoms with E-state index in [9.17, 15) is 9.59 Å². The average molecular weight is 450 g/mol. The quantitative estimate of drug-likeness (QED) is 0.460. The lowest BCUT2D eigenvalue weighted by Crippen LogP contribution is -2.39. The summed E-state index contributed by atoms with van der Waals surface area (Å²) in [7, 11) is 1.57. The molecule has 0 saturated carbocycles. The summed E-state index contributed by atoms with van der Waals surface area (Å²) in [6.07, 6.45) is 0. The van der Waals surface area contributed by atoms with Gasteiger partial charge >= 0.3 is 5.97 Å². The van der Waals surface area contributed by atoms with Crippen LogP contribution < -0.4 is 14.8 Å². The molecule has 0 aliphatic heterocycles. The predicted octanol–water partition coefficient (Wildman–Crippen LogP) is 5.10. The van der Waals surface area contributed by atoms with E-state index >= 15 is 0 Å². The maximum absolute atomic E-state index is 12.9. The topological polar surface area (TPSA) is 73.9 Å². The van der Waals surface area contributed by atoms with Crippen LogP contribution in [0.15, 0.2) is 60.7 Å². The molecule has 0 aliphatic carbocycles. The number of hydrogen-bond donors (Lipinski definition) is 1. The number of carbonyl (C=O) groups excluding carboxylic acids is 2. The summed E-state index contributed by atoms with van der Waals surface area (Å²) < 4.78 is 16.3. The van der Waals surface area contributed by atoms with E-state index in [0.29, 0.717) is 30.2 Å². The van der Waals surface area contributed by atoms with Crippen molar-refractivity contribution in [1.29, 1.82) is 0 Å². The fraction of sp³-hybridized carbons (Fsp3) is 0.333. The number of methoxy groups -OCH3 is 1. The molecule has 1 atom stereocenters. The maximum Gasteiger partial charge on any atom is 0.349 e. The summed E-state index contributed by atoms with van der Waals surface area (Å²) in [4.78, 5) is 24.9. The van der Waals surface area contributed by atoms with Crippen molar-refractivity contribution in [2.75, 3.05) is 20.3 Å². The van der Waals surface area contributed by atoms with Gasteiger partial charge in [0.1, 0.15) is 11.5 Å². The Morgan fingerprint density at radius 2 is 1.64 bits per heavy atom. The Kier molecular flexibility index (Phi) is 7.59. The minimum absolute atomic E-state index is 0.0764. The predicted molar refractivity (Wildman–Crippen MR) is 129 cm³/mol. The van der Waals surface area contributed by atoms with Crippen molar-refractivity contribution in [2.24, 2.45) is 0 Å². The molecule has 0 heterocycles. The fourth-order valence-electron chi connectivity index (χ4n) is 3.53. The van der Waals surface area contributed by atoms with Crippen LogP contribution in [0, 0.1) is 0 Å². The highest BCUT2D eigenvalue weighted by Crippen LogP contribution is 2.27. The van der Waals surface area contributed by atoms with Crippen LogP contribution in [-0.4, -0.2) is 37.7 Å². The first kappa shape index (κ1) is 24.1. The monoisotopic (exact) mass is 449 g/mol. The van der Waals surface area contributed by atoms with Crippen LogP contribution in [0.1, 0.15) is 49.5 Å². The zero-order valence-electron chi connectivity index (χ0n) is 19.8. The molecule has 0 saturated heterocycles. The number of esters is 1. The lowest BCUT2D eigenvalue weighted by atomic mass is 10.0. The van der Waals surface area contributed by atoms with Gasteiger partial charge in [-0.25, -0.2) is 4.79 Å². The highest BCUT2D eigenvalue weighted by Gasteiger charge is 2.31. The average Bonchev–Trinajstić information content (AvgIpc) is 2.81. The van der Waals surface area contributed by atoms with Gasteiger partial charge in [-0.2, -0.15) is 0 Å². The van der Waals surface area contributed by atoms with Crippen molar-refractivity contribution in [1.82, 2.24) is 5.32 Å². The Morgan fingerprint density at radius 1 is 1.00 bits per heavy atom. The molecule has 1 N–H and O–H groups in total. The van der Waals surface area contributed by atoms with E-state index in [0.717, 1.165) is 16.3 Å². The highest BCUT2D eigenvalue weighted by molar-refractivity contribution is 6.01. The van der Waals surface area contributed by atoms with Gasteiger partial charge in [-0.05, 0) is 67.3 Å². The zero-order valence-corrected chi connectivity index (χ0v) is 19.8. The molecule has 0 fully saturated rings. The minimum Gasteiger partial charge on any atom is -0.496 e. The van der Waals surface area contributed by atoms with E-state index in [-0.39, 0.29) is 11.8 Å². The van der Waals surface area contributed by atoms with Gasteiger partial charge in [-0.1, -0.05) is 43.3 Å². The second-order valence-corrected chi connectivity index (χ2v) is 8.41. The first-order valence-corrected chi connectivity index (χ1v) is 11.1. The van der Waals surface area contributed by atoms with Crippen molar-refractivity contribution < 1.29 is 23.8 Å². The van der Waals surface area contributed by atoms with E-state index in [1.54, 1.807) is 27.9 Å². The first-order valence-electron chi connectivity index (χ1n) is 11.1. The van der Waals surface area contributed by atoms with E-state index < -0.39 is 11.6 Å². The molecule has 6 nitrogen and oxygen atoms in total. The van der Waals surface area contributed by atoms with Crippen molar-refractivity contribution in [3.63, 3.8) is 0 Å². The lowest BCUT2D eigenvalue weighted by Gasteiger charge is -2.24. The third-order valence-corrected chi connectivity index (χ3v) is 5.47. The SMILES string of the molecule is CCOC(=O)C(C)(C)Oc1ccc(C(C)CNC(=O)c2cc3ccccc3cc2OC)cc1. The van der Waals surface area contributed by atoms with Gasteiger partial charge in [-0.15, -0.1) is 0 Å². The molecule has 3 aromatic carbocycles. The van der Waals surface area contributed by atoms with E-state index in [4.69, 9.17) is 14.2 Å². The lowest BCUT2D eigenvalue weighted by molar-refractivity contribution is -0.158. The smallest absolute Gasteiger partial charge is 0.349 e. The summed E-state index contributed by atoms with van der Waals surface area (Å²) in [5.41, 5.74) is 0.478. The van der Waals surface area contributed by atoms with Crippen LogP contribution in [0.25, 0.3) is 10.8 Å². The van der Waals surface area contributed by atoms with Gasteiger partial charge in [0.15, 0.2) is 5.60 Å². The second-order valence-electron chi connectivity index (χ2n) is 8.41. The summed E-state index contributed by atoms with van der Waals surface area (Å²) in [5, 5.41) is 5.01. The molecule has 1 unspecified atom stereocenters. The van der Waals surface area contributed by atoms with E-state index in [2.05, 4.69) is 5.32 Å². The summed E-state index contributed by atoms with van der Waals surface area (Å²) in [5.74, 6) is 0.612. The molecular formula is C27H31NO5. The number of hydrogen-bond acceptors (Lipinski definition) is 5. The fourth-order valence-corrected chi connectivity index (χ4v) is 3.53. The second kappa shape index (κ2) is 10.4. The number of fused-ring (bicyclic) bond motifs is 1. The number of rotatable bonds is 9. The van der Waals surface area contributed by atoms with Crippen LogP contribution >= 0.6 is 0 Å². The highest BCUT2D eigenvalue weighted by atomic mass is 16.6. The molecule has 3 rings (SSSR count). The number of amides is 1. The van der Waals surface area contributed by atoms with E-state index in [1.807, 2.05) is 67.6 Å². The summed E-state index contributed by atoms with van der Waals surface area (Å²) in [6.45, 7) is 7.92. The maximum atomic E-state index is 12.9. The molecule has 3 aromatic rings. The van der Waals surface area contributed by atoms with Gasteiger partial charge in [0, 0.05) is 6.54 Å². The Balaban J connectivity index is 1.64. The molecule has 0 bridgehead atoms. The van der Waals surface area contributed by atoms with E-state index in [1.165, 1.54) is 0 Å². The van der Waals surface area contributed by atoms with Crippen molar-refractivity contribution in [3.8, 4) is 11.5 Å². The summed E-state index contributed by atoms with van der Waals surface area (Å²) >= 11 is 0. The number of carbonyl (C=O) groups is 2. The molecule has 1 amide bonds. The van der Waals surface area contributed by atoms with Crippen molar-refractivity contribution >= 4 is 22.6 Å². The summed E-state index contributed by atoms with van der Waals surface area (Å²) in [6, 6.07) is 19.1. The Labute approximate surface area is 194 Å². The largest absolute Gasteiger partial charge is 0.496 e. The molecule has 0 radical (unpaired) electrons. The van der Waals surface area contributed by atoms with Crippen LogP contribution in [0.4, 0.5) is 0 Å². The van der Waals surface area contributed by atoms with Gasteiger partial charge in [0.2, 0.25) is 0 Å². The van der Waals surface area contributed by atoms with Crippen molar-refractivity contribution in [2.45, 2.75) is 39.2 Å². The molecule has 0 spiro atoms. The normalized spacial score (nSPS) is 12.2. The zero-order chi connectivity index (χ0) is 24.0.